The van der Waals surface area contributed by atoms with Gasteiger partial charge in [-0.2, -0.15) is 0 Å². The number of nitrogens with one attached hydrogen (secondary N) is 4. The third-order valence-corrected chi connectivity index (χ3v) is 7.92. The van der Waals surface area contributed by atoms with Crippen LogP contribution in [-0.2, 0) is 17.6 Å². The van der Waals surface area contributed by atoms with Crippen LogP contribution in [0.3, 0.4) is 0 Å². The predicted molar refractivity (Wildman–Crippen MR) is 180 cm³/mol. The Morgan fingerprint density at radius 2 is 1.38 bits per heavy atom. The molecule has 5 nitrogen and oxygen atoms in total. The normalized spacial score (nSPS) is 14.5. The van der Waals surface area contributed by atoms with Crippen molar-refractivity contribution in [1.29, 1.82) is 0 Å². The first kappa shape index (κ1) is 34.5. The van der Waals surface area contributed by atoms with Crippen molar-refractivity contribution in [3.05, 3.63) is 121 Å². The van der Waals surface area contributed by atoms with Gasteiger partial charge in [0.2, 0.25) is 0 Å². The number of allylic oxidation sites excluding steroid dienone is 1. The molecular weight excluding hydrogens is 516 g/mol. The average molecular weight is 571 g/mol. The summed E-state index contributed by atoms with van der Waals surface area (Å²) >= 11 is 0. The van der Waals surface area contributed by atoms with Crippen LogP contribution in [0.15, 0.2) is 110 Å². The second kappa shape index (κ2) is 17.9. The predicted octanol–water partition coefficient (Wildman–Crippen LogP) is 7.06. The number of carbonyl (C=O) groups is 1. The highest BCUT2D eigenvalue weighted by atomic mass is 16.1. The summed E-state index contributed by atoms with van der Waals surface area (Å²) in [4.78, 5) is 12.2. The molecule has 5 heteroatoms. The van der Waals surface area contributed by atoms with Gasteiger partial charge in [-0.05, 0) is 61.8 Å². The van der Waals surface area contributed by atoms with E-state index in [-0.39, 0.29) is 35.9 Å². The molecule has 0 radical (unpaired) electrons. The molecule has 0 aliphatic carbocycles. The summed E-state index contributed by atoms with van der Waals surface area (Å²) in [5.41, 5.74) is 5.26. The zero-order valence-corrected chi connectivity index (χ0v) is 26.6. The van der Waals surface area contributed by atoms with Crippen LogP contribution in [0.5, 0.6) is 0 Å². The zero-order valence-electron chi connectivity index (χ0n) is 26.6. The Kier molecular flexibility index (Phi) is 14.7. The van der Waals surface area contributed by atoms with Crippen molar-refractivity contribution in [3.63, 3.8) is 0 Å². The minimum absolute atomic E-state index is 0.0175. The topological polar surface area (TPSA) is 65.2 Å². The van der Waals surface area contributed by atoms with Crippen molar-refractivity contribution in [2.45, 2.75) is 90.9 Å². The SMILES string of the molecule is C=CNC(Cc1ccccc1)C(=C)NC(CCC(=C)NC(C(=C)NC(C(C)=O)C(C)C)C(C)CC)Cc1ccccc1. The van der Waals surface area contributed by atoms with Crippen LogP contribution in [0, 0.1) is 11.8 Å². The smallest absolute Gasteiger partial charge is 0.152 e. The van der Waals surface area contributed by atoms with Crippen LogP contribution >= 0.6 is 0 Å². The summed E-state index contributed by atoms with van der Waals surface area (Å²) in [6.07, 6.45) is 6.07. The molecule has 0 aliphatic rings. The van der Waals surface area contributed by atoms with Crippen LogP contribution in [0.2, 0.25) is 0 Å². The van der Waals surface area contributed by atoms with Gasteiger partial charge in [0, 0.05) is 23.1 Å². The molecule has 0 amide bonds. The molecule has 5 atom stereocenters. The van der Waals surface area contributed by atoms with Gasteiger partial charge in [0.1, 0.15) is 0 Å². The van der Waals surface area contributed by atoms with E-state index in [4.69, 9.17) is 0 Å². The van der Waals surface area contributed by atoms with Crippen molar-refractivity contribution in [2.75, 3.05) is 0 Å². The van der Waals surface area contributed by atoms with Crippen molar-refractivity contribution >= 4 is 5.78 Å². The molecule has 0 bridgehead atoms. The van der Waals surface area contributed by atoms with Gasteiger partial charge in [0.15, 0.2) is 5.78 Å². The first-order chi connectivity index (χ1) is 20.0. The Morgan fingerprint density at radius 3 is 1.88 bits per heavy atom. The number of hydrogen-bond acceptors (Lipinski definition) is 5. The molecule has 228 valence electrons. The van der Waals surface area contributed by atoms with Crippen molar-refractivity contribution in [2.24, 2.45) is 11.8 Å². The van der Waals surface area contributed by atoms with E-state index in [0.29, 0.717) is 5.92 Å². The van der Waals surface area contributed by atoms with Crippen LogP contribution in [0.4, 0.5) is 0 Å². The second-order valence-electron chi connectivity index (χ2n) is 11.8. The number of ketones is 1. The van der Waals surface area contributed by atoms with Gasteiger partial charge in [0.05, 0.1) is 18.1 Å². The lowest BCUT2D eigenvalue weighted by Gasteiger charge is -2.32. The quantitative estimate of drug-likeness (QED) is 0.129. The molecule has 2 aromatic rings. The molecular formula is C37H54N4O. The maximum absolute atomic E-state index is 12.2. The van der Waals surface area contributed by atoms with E-state index >= 15 is 0 Å². The van der Waals surface area contributed by atoms with Gasteiger partial charge in [-0.15, -0.1) is 0 Å². The van der Waals surface area contributed by atoms with Crippen LogP contribution in [0.25, 0.3) is 0 Å². The van der Waals surface area contributed by atoms with E-state index in [0.717, 1.165) is 49.2 Å². The largest absolute Gasteiger partial charge is 0.384 e. The van der Waals surface area contributed by atoms with Crippen LogP contribution < -0.4 is 21.3 Å². The van der Waals surface area contributed by atoms with Crippen molar-refractivity contribution < 1.29 is 4.79 Å². The molecule has 0 saturated heterocycles. The highest BCUT2D eigenvalue weighted by Gasteiger charge is 2.25. The van der Waals surface area contributed by atoms with E-state index in [2.05, 4.69) is 124 Å². The molecule has 0 aliphatic heterocycles. The molecule has 42 heavy (non-hydrogen) atoms. The van der Waals surface area contributed by atoms with Gasteiger partial charge < -0.3 is 21.3 Å². The Balaban J connectivity index is 2.13. The summed E-state index contributed by atoms with van der Waals surface area (Å²) in [5.74, 6) is 0.627. The Hall–Kier alpha value is -3.73. The Morgan fingerprint density at radius 1 is 0.810 bits per heavy atom. The second-order valence-corrected chi connectivity index (χ2v) is 11.8. The van der Waals surface area contributed by atoms with Crippen molar-refractivity contribution in [3.8, 4) is 0 Å². The van der Waals surface area contributed by atoms with E-state index in [9.17, 15) is 4.79 Å². The lowest BCUT2D eigenvalue weighted by atomic mass is 9.93. The standard InChI is InChI=1S/C37H54N4O/c1-10-27(5)37(30(8)41-36(26(3)4)31(9)42)39-28(6)22-23-34(24-32-18-14-12-15-19-32)40-29(7)35(38-11-2)25-33-20-16-13-17-21-33/h11-21,26-27,34-41H,2,6-8,10,22-25H2,1,3-5,9H3. The summed E-state index contributed by atoms with van der Waals surface area (Å²) in [6.45, 7) is 27.2. The molecule has 0 heterocycles. The Labute approximate surface area is 255 Å². The molecule has 2 rings (SSSR count). The molecule has 4 N–H and O–H groups in total. The fourth-order valence-corrected chi connectivity index (χ4v) is 5.24. The fraction of sp³-hybridized carbons (Fsp3) is 0.432. The summed E-state index contributed by atoms with van der Waals surface area (Å²) in [5, 5.41) is 14.2. The highest BCUT2D eigenvalue weighted by molar-refractivity contribution is 5.82. The minimum Gasteiger partial charge on any atom is -0.384 e. The first-order valence-electron chi connectivity index (χ1n) is 15.4. The Bertz CT molecular complexity index is 1140. The molecule has 0 spiro atoms. The monoisotopic (exact) mass is 570 g/mol. The zero-order chi connectivity index (χ0) is 31.1. The maximum Gasteiger partial charge on any atom is 0.152 e. The van der Waals surface area contributed by atoms with E-state index in [1.165, 1.54) is 11.1 Å². The van der Waals surface area contributed by atoms with Gasteiger partial charge in [0.25, 0.3) is 0 Å². The lowest BCUT2D eigenvalue weighted by Crippen LogP contribution is -2.47. The summed E-state index contributed by atoms with van der Waals surface area (Å²) in [6, 6.07) is 20.9. The lowest BCUT2D eigenvalue weighted by molar-refractivity contribution is -0.119. The minimum atomic E-state index is -0.252. The molecule has 2 aromatic carbocycles. The van der Waals surface area contributed by atoms with E-state index < -0.39 is 0 Å². The molecule has 0 saturated carbocycles. The first-order valence-corrected chi connectivity index (χ1v) is 15.4. The maximum atomic E-state index is 12.2. The van der Waals surface area contributed by atoms with Gasteiger partial charge in [-0.3, -0.25) is 4.79 Å². The third-order valence-electron chi connectivity index (χ3n) is 7.92. The van der Waals surface area contributed by atoms with E-state index in [1.807, 2.05) is 12.1 Å². The highest BCUT2D eigenvalue weighted by Crippen LogP contribution is 2.19. The van der Waals surface area contributed by atoms with Gasteiger partial charge in [-0.25, -0.2) is 0 Å². The van der Waals surface area contributed by atoms with Crippen LogP contribution in [0.1, 0.15) is 65.0 Å². The number of carbonyl (C=O) groups excluding carboxylic acids is 1. The molecule has 0 aromatic heterocycles. The number of Topliss-reactive ketones (excluding diaryl/α,β-unsaturated/α-hetero) is 1. The summed E-state index contributed by atoms with van der Waals surface area (Å²) in [7, 11) is 0. The number of rotatable bonds is 21. The van der Waals surface area contributed by atoms with Crippen LogP contribution in [-0.4, -0.2) is 30.0 Å². The fourth-order valence-electron chi connectivity index (χ4n) is 5.24. The third kappa shape index (κ3) is 11.6. The van der Waals surface area contributed by atoms with E-state index in [1.54, 1.807) is 13.1 Å². The number of hydrogen-bond donors (Lipinski definition) is 4. The van der Waals surface area contributed by atoms with Gasteiger partial charge >= 0.3 is 0 Å². The van der Waals surface area contributed by atoms with Crippen molar-refractivity contribution in [1.82, 2.24) is 21.3 Å². The van der Waals surface area contributed by atoms with Gasteiger partial charge in [-0.1, -0.05) is 121 Å². The number of benzene rings is 2. The molecule has 5 unspecified atom stereocenters. The summed E-state index contributed by atoms with van der Waals surface area (Å²) < 4.78 is 0. The molecule has 0 fully saturated rings. The average Bonchev–Trinajstić information content (AvgIpc) is 2.97.